The van der Waals surface area contributed by atoms with Gasteiger partial charge in [-0.2, -0.15) is 0 Å². The molecule has 0 bridgehead atoms. The van der Waals surface area contributed by atoms with Crippen LogP contribution in [0, 0.1) is 23.5 Å². The number of hydrogen-bond donors (Lipinski definition) is 1. The average molecular weight is 628 g/mol. The van der Waals surface area contributed by atoms with Crippen molar-refractivity contribution in [3.63, 3.8) is 0 Å². The smallest absolute Gasteiger partial charge is 0.306 e. The highest BCUT2D eigenvalue weighted by molar-refractivity contribution is 7.92. The Morgan fingerprint density at radius 1 is 0.953 bits per heavy atom. The average Bonchev–Trinajstić information content (AvgIpc) is 3.40. The summed E-state index contributed by atoms with van der Waals surface area (Å²) in [5.74, 6) is -2.75. The number of nitrogens with zero attached hydrogens (tertiary/aromatic N) is 1. The number of carbonyl (C=O) groups is 2. The normalized spacial score (nSPS) is 25.2. The molecule has 3 aromatic rings. The minimum Gasteiger partial charge on any atom is -0.481 e. The largest absolute Gasteiger partial charge is 0.481 e. The fraction of sp³-hybridized carbons (Fsp3) is 0.394. The third-order valence-corrected chi connectivity index (χ3v) is 12.6. The molecule has 6 rings (SSSR count). The fourth-order valence-electron chi connectivity index (χ4n) is 7.51. The van der Waals surface area contributed by atoms with Crippen LogP contribution in [-0.4, -0.2) is 42.9 Å². The Kier molecular flexibility index (Phi) is 7.84. The molecular weight excluding hydrogens is 596 g/mol. The Morgan fingerprint density at radius 2 is 1.65 bits per heavy atom. The van der Waals surface area contributed by atoms with Crippen LogP contribution in [0.15, 0.2) is 65.6 Å². The number of benzene rings is 3. The van der Waals surface area contributed by atoms with Gasteiger partial charge in [-0.1, -0.05) is 35.9 Å². The first-order chi connectivity index (χ1) is 20.5. The minimum absolute atomic E-state index is 0.00905. The van der Waals surface area contributed by atoms with Crippen molar-refractivity contribution in [3.8, 4) is 0 Å². The number of likely N-dealkylation sites (tertiary alicyclic amines) is 1. The quantitative estimate of drug-likeness (QED) is 0.323. The molecule has 1 heterocycles. The van der Waals surface area contributed by atoms with Crippen molar-refractivity contribution < 1.29 is 31.9 Å². The molecule has 10 heteroatoms. The first-order valence-corrected chi connectivity index (χ1v) is 16.5. The molecule has 226 valence electrons. The summed E-state index contributed by atoms with van der Waals surface area (Å²) in [6.07, 6.45) is 3.09. The number of aliphatic carboxylic acids is 1. The van der Waals surface area contributed by atoms with Crippen LogP contribution in [0.2, 0.25) is 5.02 Å². The highest BCUT2D eigenvalue weighted by Gasteiger charge is 2.61. The van der Waals surface area contributed by atoms with Crippen molar-refractivity contribution in [2.24, 2.45) is 11.8 Å². The number of halogens is 3. The van der Waals surface area contributed by atoms with Crippen molar-refractivity contribution >= 4 is 33.3 Å². The number of fused-ring (bicyclic) bond motifs is 3. The van der Waals surface area contributed by atoms with Crippen LogP contribution < -0.4 is 0 Å². The van der Waals surface area contributed by atoms with Gasteiger partial charge in [0.25, 0.3) is 0 Å². The summed E-state index contributed by atoms with van der Waals surface area (Å²) in [6, 6.07) is 14.2. The topological polar surface area (TPSA) is 91.8 Å². The Hall–Kier alpha value is -3.30. The molecule has 43 heavy (non-hydrogen) atoms. The van der Waals surface area contributed by atoms with E-state index in [9.17, 15) is 31.9 Å². The van der Waals surface area contributed by atoms with Gasteiger partial charge in [0.1, 0.15) is 16.4 Å². The standard InChI is InChI=1S/C33H32ClF2NO5S/c34-28-2-1-3-29(36)26(28)19-20-4-14-27-23(18-20)9-15-30-33(27,43(41,42)25-12-10-24(35)11-13-25)16-17-37(30)31(38)21-5-7-22(8-6-21)32(39)40/h1-4,10-14,18,21-22,30H,5-9,15-17,19H2,(H,39,40)/t21?,22?,30-,33-/m1/s1. The van der Waals surface area contributed by atoms with E-state index < -0.39 is 44.1 Å². The molecule has 2 fully saturated rings. The van der Waals surface area contributed by atoms with Crippen molar-refractivity contribution in [3.05, 3.63) is 99.6 Å². The number of carbonyl (C=O) groups excluding carboxylic acids is 1. The predicted octanol–water partition coefficient (Wildman–Crippen LogP) is 6.32. The van der Waals surface area contributed by atoms with Gasteiger partial charge in [0.15, 0.2) is 9.84 Å². The fourth-order valence-corrected chi connectivity index (χ4v) is 10.1. The number of hydrogen-bond acceptors (Lipinski definition) is 4. The van der Waals surface area contributed by atoms with Gasteiger partial charge in [0.2, 0.25) is 5.91 Å². The molecule has 0 unspecified atom stereocenters. The third kappa shape index (κ3) is 5.04. The summed E-state index contributed by atoms with van der Waals surface area (Å²) in [5, 5.41) is 9.70. The monoisotopic (exact) mass is 627 g/mol. The Bertz CT molecular complexity index is 1670. The van der Waals surface area contributed by atoms with E-state index >= 15 is 0 Å². The molecule has 1 saturated carbocycles. The van der Waals surface area contributed by atoms with Gasteiger partial charge in [-0.15, -0.1) is 0 Å². The Balaban J connectivity index is 1.39. The maximum absolute atomic E-state index is 14.6. The number of amides is 1. The van der Waals surface area contributed by atoms with E-state index in [2.05, 4.69) is 0 Å². The van der Waals surface area contributed by atoms with E-state index in [0.29, 0.717) is 54.7 Å². The zero-order valence-corrected chi connectivity index (χ0v) is 25.0. The van der Waals surface area contributed by atoms with E-state index in [1.54, 1.807) is 29.2 Å². The summed E-state index contributed by atoms with van der Waals surface area (Å²) < 4.78 is 56.1. The molecule has 0 radical (unpaired) electrons. The van der Waals surface area contributed by atoms with Gasteiger partial charge < -0.3 is 10.0 Å². The van der Waals surface area contributed by atoms with Crippen molar-refractivity contribution in [2.75, 3.05) is 6.54 Å². The molecule has 1 amide bonds. The van der Waals surface area contributed by atoms with Crippen molar-refractivity contribution in [1.29, 1.82) is 0 Å². The molecule has 6 nitrogen and oxygen atoms in total. The first kappa shape index (κ1) is 29.8. The molecular formula is C33H32ClF2NO5S. The van der Waals surface area contributed by atoms with Gasteiger partial charge >= 0.3 is 5.97 Å². The van der Waals surface area contributed by atoms with Gasteiger partial charge in [-0.05, 0) is 98.0 Å². The molecule has 1 aliphatic heterocycles. The SMILES string of the molecule is O=C(O)C1CCC(C(=O)N2CC[C@@]3(S(=O)(=O)c4ccc(F)cc4)c4ccc(Cc5c(F)cccc5Cl)cc4CC[C@@H]23)CC1. The lowest BCUT2D eigenvalue weighted by molar-refractivity contribution is -0.146. The van der Waals surface area contributed by atoms with Crippen LogP contribution in [0.5, 0.6) is 0 Å². The van der Waals surface area contributed by atoms with Crippen LogP contribution in [-0.2, 0) is 37.0 Å². The first-order valence-electron chi connectivity index (χ1n) is 14.6. The lowest BCUT2D eigenvalue weighted by Gasteiger charge is -2.43. The summed E-state index contributed by atoms with van der Waals surface area (Å²) in [6.45, 7) is 0.245. The van der Waals surface area contributed by atoms with Crippen LogP contribution >= 0.6 is 11.6 Å². The van der Waals surface area contributed by atoms with E-state index in [1.807, 2.05) is 6.07 Å². The highest BCUT2D eigenvalue weighted by Crippen LogP contribution is 2.53. The second-order valence-electron chi connectivity index (χ2n) is 11.9. The molecule has 2 aliphatic carbocycles. The number of aryl methyl sites for hydroxylation is 1. The van der Waals surface area contributed by atoms with Crippen LogP contribution in [0.1, 0.15) is 60.8 Å². The Morgan fingerprint density at radius 3 is 2.33 bits per heavy atom. The number of sulfone groups is 1. The summed E-state index contributed by atoms with van der Waals surface area (Å²) in [7, 11) is -4.11. The Labute approximate surface area is 254 Å². The molecule has 1 saturated heterocycles. The highest BCUT2D eigenvalue weighted by atomic mass is 35.5. The van der Waals surface area contributed by atoms with E-state index in [-0.39, 0.29) is 36.1 Å². The maximum Gasteiger partial charge on any atom is 0.306 e. The zero-order valence-electron chi connectivity index (χ0n) is 23.4. The maximum atomic E-state index is 14.6. The molecule has 3 aromatic carbocycles. The second kappa shape index (κ2) is 11.3. The lowest BCUT2D eigenvalue weighted by atomic mass is 9.77. The molecule has 2 atom stereocenters. The molecule has 3 aliphatic rings. The van der Waals surface area contributed by atoms with E-state index in [4.69, 9.17) is 11.6 Å². The van der Waals surface area contributed by atoms with E-state index in [0.717, 1.165) is 23.3 Å². The van der Waals surface area contributed by atoms with Crippen LogP contribution in [0.3, 0.4) is 0 Å². The van der Waals surface area contributed by atoms with Crippen LogP contribution in [0.25, 0.3) is 0 Å². The summed E-state index contributed by atoms with van der Waals surface area (Å²) in [4.78, 5) is 27.1. The number of rotatable bonds is 6. The van der Waals surface area contributed by atoms with Crippen LogP contribution in [0.4, 0.5) is 8.78 Å². The minimum atomic E-state index is -4.11. The molecule has 1 N–H and O–H groups in total. The second-order valence-corrected chi connectivity index (χ2v) is 14.6. The van der Waals surface area contributed by atoms with Gasteiger partial charge in [-0.25, -0.2) is 17.2 Å². The zero-order chi connectivity index (χ0) is 30.5. The summed E-state index contributed by atoms with van der Waals surface area (Å²) in [5.41, 5.74) is 2.59. The number of carboxylic acid groups (broad SMARTS) is 1. The molecule has 0 aromatic heterocycles. The van der Waals surface area contributed by atoms with Crippen molar-refractivity contribution in [2.45, 2.75) is 67.1 Å². The van der Waals surface area contributed by atoms with Gasteiger partial charge in [0.05, 0.1) is 16.9 Å². The predicted molar refractivity (Wildman–Crippen MR) is 157 cm³/mol. The molecule has 0 spiro atoms. The third-order valence-electron chi connectivity index (χ3n) is 9.71. The van der Waals surface area contributed by atoms with Gasteiger partial charge in [0, 0.05) is 29.5 Å². The lowest BCUT2D eigenvalue weighted by Crippen LogP contribution is -2.53. The van der Waals surface area contributed by atoms with Gasteiger partial charge in [-0.3, -0.25) is 9.59 Å². The summed E-state index contributed by atoms with van der Waals surface area (Å²) >= 11 is 6.28. The number of carboxylic acids is 1. The van der Waals surface area contributed by atoms with Crippen molar-refractivity contribution in [1.82, 2.24) is 4.90 Å². The van der Waals surface area contributed by atoms with E-state index in [1.165, 1.54) is 18.2 Å².